The number of ether oxygens (including phenoxy) is 2. The van der Waals surface area contributed by atoms with E-state index in [2.05, 4.69) is 30.7 Å². The molecule has 0 aromatic heterocycles. The lowest BCUT2D eigenvalue weighted by Gasteiger charge is -2.20. The summed E-state index contributed by atoms with van der Waals surface area (Å²) in [5.41, 5.74) is 6.85. The standard InChI is InChI=1S/C17H25N3O2/c1-4-8-17(2,3)12-19-16(18)20-13-6-7-14-15(11-13)22-10-5-9-21-14/h4,6-7,11H,1,5,8-10,12H2,2-3H3,(H3,18,19,20). The van der Waals surface area contributed by atoms with E-state index >= 15 is 0 Å². The van der Waals surface area contributed by atoms with Crippen molar-refractivity contribution in [2.24, 2.45) is 16.1 Å². The zero-order valence-electron chi connectivity index (χ0n) is 13.4. The molecule has 0 bridgehead atoms. The molecule has 0 unspecified atom stereocenters. The third kappa shape index (κ3) is 4.69. The molecule has 0 spiro atoms. The highest BCUT2D eigenvalue weighted by molar-refractivity contribution is 5.92. The van der Waals surface area contributed by atoms with Gasteiger partial charge in [-0.25, -0.2) is 0 Å². The highest BCUT2D eigenvalue weighted by Crippen LogP contribution is 2.32. The van der Waals surface area contributed by atoms with E-state index in [1.165, 1.54) is 0 Å². The number of hydrogen-bond donors (Lipinski definition) is 2. The van der Waals surface area contributed by atoms with Crippen molar-refractivity contribution in [3.8, 4) is 11.5 Å². The second-order valence-corrected chi connectivity index (χ2v) is 6.20. The van der Waals surface area contributed by atoms with Crippen LogP contribution in [0.1, 0.15) is 26.7 Å². The van der Waals surface area contributed by atoms with Crippen LogP contribution in [0.15, 0.2) is 35.8 Å². The Kier molecular flexibility index (Phi) is 5.31. The van der Waals surface area contributed by atoms with Crippen LogP contribution in [0.25, 0.3) is 0 Å². The van der Waals surface area contributed by atoms with Crippen molar-refractivity contribution >= 4 is 11.6 Å². The summed E-state index contributed by atoms with van der Waals surface area (Å²) in [7, 11) is 0. The smallest absolute Gasteiger partial charge is 0.193 e. The first-order valence-corrected chi connectivity index (χ1v) is 7.58. The zero-order valence-corrected chi connectivity index (χ0v) is 13.4. The van der Waals surface area contributed by atoms with Gasteiger partial charge in [0.2, 0.25) is 0 Å². The first-order chi connectivity index (χ1) is 10.5. The lowest BCUT2D eigenvalue weighted by molar-refractivity contribution is 0.297. The fourth-order valence-electron chi connectivity index (χ4n) is 2.18. The van der Waals surface area contributed by atoms with Crippen LogP contribution in [0.4, 0.5) is 5.69 Å². The maximum absolute atomic E-state index is 5.96. The Morgan fingerprint density at radius 3 is 2.82 bits per heavy atom. The molecular formula is C17H25N3O2. The van der Waals surface area contributed by atoms with Gasteiger partial charge in [0.05, 0.1) is 13.2 Å². The van der Waals surface area contributed by atoms with E-state index in [4.69, 9.17) is 15.2 Å². The molecule has 120 valence electrons. The van der Waals surface area contributed by atoms with Gasteiger partial charge in [-0.3, -0.25) is 4.99 Å². The van der Waals surface area contributed by atoms with Gasteiger partial charge in [-0.05, 0) is 24.0 Å². The number of nitrogens with one attached hydrogen (secondary N) is 1. The molecule has 0 saturated carbocycles. The van der Waals surface area contributed by atoms with E-state index in [1.807, 2.05) is 24.3 Å². The Balaban J connectivity index is 2.01. The Labute approximate surface area is 132 Å². The van der Waals surface area contributed by atoms with Crippen molar-refractivity contribution in [3.63, 3.8) is 0 Å². The molecule has 0 fully saturated rings. The van der Waals surface area contributed by atoms with Crippen molar-refractivity contribution in [1.82, 2.24) is 0 Å². The van der Waals surface area contributed by atoms with Gasteiger partial charge in [-0.15, -0.1) is 6.58 Å². The molecule has 1 heterocycles. The molecule has 0 saturated heterocycles. The minimum absolute atomic E-state index is 0.0543. The SMILES string of the molecule is C=CCC(C)(C)CN=C(N)Nc1ccc2c(c1)OCCCO2. The van der Waals surface area contributed by atoms with Crippen LogP contribution in [0.2, 0.25) is 0 Å². The summed E-state index contributed by atoms with van der Waals surface area (Å²) < 4.78 is 11.3. The molecule has 5 heteroatoms. The van der Waals surface area contributed by atoms with E-state index < -0.39 is 0 Å². The lowest BCUT2D eigenvalue weighted by atomic mass is 9.90. The van der Waals surface area contributed by atoms with Crippen LogP contribution in [0.3, 0.4) is 0 Å². The molecule has 0 radical (unpaired) electrons. The average Bonchev–Trinajstić information content (AvgIpc) is 2.70. The second kappa shape index (κ2) is 7.20. The molecule has 22 heavy (non-hydrogen) atoms. The van der Waals surface area contributed by atoms with Gasteiger partial charge in [0.25, 0.3) is 0 Å². The fraction of sp³-hybridized carbons (Fsp3) is 0.471. The fourth-order valence-corrected chi connectivity index (χ4v) is 2.18. The molecule has 1 aromatic rings. The minimum atomic E-state index is 0.0543. The van der Waals surface area contributed by atoms with Gasteiger partial charge < -0.3 is 20.5 Å². The number of rotatable bonds is 5. The van der Waals surface area contributed by atoms with Crippen LogP contribution in [-0.2, 0) is 0 Å². The van der Waals surface area contributed by atoms with Crippen molar-refractivity contribution in [2.45, 2.75) is 26.7 Å². The Morgan fingerprint density at radius 2 is 2.09 bits per heavy atom. The Hall–Kier alpha value is -2.17. The molecule has 5 nitrogen and oxygen atoms in total. The van der Waals surface area contributed by atoms with Crippen LogP contribution in [0.5, 0.6) is 11.5 Å². The lowest BCUT2D eigenvalue weighted by Crippen LogP contribution is -2.25. The summed E-state index contributed by atoms with van der Waals surface area (Å²) in [6.07, 6.45) is 3.69. The Bertz CT molecular complexity index is 553. The third-order valence-corrected chi connectivity index (χ3v) is 3.39. The largest absolute Gasteiger partial charge is 0.490 e. The molecule has 1 aliphatic rings. The number of fused-ring (bicyclic) bond motifs is 1. The number of guanidine groups is 1. The number of allylic oxidation sites excluding steroid dienone is 1. The van der Waals surface area contributed by atoms with Crippen LogP contribution < -0.4 is 20.5 Å². The van der Waals surface area contributed by atoms with Crippen LogP contribution >= 0.6 is 0 Å². The molecule has 0 atom stereocenters. The zero-order chi connectivity index (χ0) is 16.0. The summed E-state index contributed by atoms with van der Waals surface area (Å²) in [5, 5.41) is 3.09. The van der Waals surface area contributed by atoms with Crippen LogP contribution in [-0.4, -0.2) is 25.7 Å². The topological polar surface area (TPSA) is 68.9 Å². The maximum Gasteiger partial charge on any atom is 0.193 e. The van der Waals surface area contributed by atoms with Gasteiger partial charge >= 0.3 is 0 Å². The number of nitrogens with two attached hydrogens (primary N) is 1. The van der Waals surface area contributed by atoms with E-state index in [0.29, 0.717) is 25.7 Å². The molecule has 2 rings (SSSR count). The quantitative estimate of drug-likeness (QED) is 0.498. The van der Waals surface area contributed by atoms with E-state index in [0.717, 1.165) is 30.0 Å². The summed E-state index contributed by atoms with van der Waals surface area (Å²) in [6, 6.07) is 5.68. The van der Waals surface area contributed by atoms with Crippen LogP contribution in [0, 0.1) is 5.41 Å². The minimum Gasteiger partial charge on any atom is -0.490 e. The predicted molar refractivity (Wildman–Crippen MR) is 90.8 cm³/mol. The molecule has 1 aromatic carbocycles. The van der Waals surface area contributed by atoms with Gasteiger partial charge in [-0.1, -0.05) is 19.9 Å². The highest BCUT2D eigenvalue weighted by atomic mass is 16.5. The first-order valence-electron chi connectivity index (χ1n) is 7.58. The monoisotopic (exact) mass is 303 g/mol. The Morgan fingerprint density at radius 1 is 1.36 bits per heavy atom. The molecule has 0 amide bonds. The predicted octanol–water partition coefficient (Wildman–Crippen LogP) is 3.18. The molecule has 0 aliphatic carbocycles. The number of hydrogen-bond acceptors (Lipinski definition) is 3. The molecule has 1 aliphatic heterocycles. The van der Waals surface area contributed by atoms with E-state index in [9.17, 15) is 0 Å². The molecular weight excluding hydrogens is 278 g/mol. The second-order valence-electron chi connectivity index (χ2n) is 6.20. The summed E-state index contributed by atoms with van der Waals surface area (Å²) in [4.78, 5) is 4.40. The van der Waals surface area contributed by atoms with Crippen molar-refractivity contribution in [3.05, 3.63) is 30.9 Å². The van der Waals surface area contributed by atoms with E-state index in [1.54, 1.807) is 0 Å². The van der Waals surface area contributed by atoms with Crippen molar-refractivity contribution in [1.29, 1.82) is 0 Å². The normalized spacial score (nSPS) is 15.1. The number of nitrogens with zero attached hydrogens (tertiary/aromatic N) is 1. The summed E-state index contributed by atoms with van der Waals surface area (Å²) in [6.45, 7) is 10.0. The van der Waals surface area contributed by atoms with Gasteiger partial charge in [0, 0.05) is 24.7 Å². The first kappa shape index (κ1) is 16.2. The van der Waals surface area contributed by atoms with Gasteiger partial charge in [0.1, 0.15) is 0 Å². The molecule has 3 N–H and O–H groups in total. The third-order valence-electron chi connectivity index (χ3n) is 3.39. The number of benzene rings is 1. The maximum atomic E-state index is 5.96. The van der Waals surface area contributed by atoms with Gasteiger partial charge in [-0.2, -0.15) is 0 Å². The average molecular weight is 303 g/mol. The highest BCUT2D eigenvalue weighted by Gasteiger charge is 2.15. The van der Waals surface area contributed by atoms with Gasteiger partial charge in [0.15, 0.2) is 17.5 Å². The number of aliphatic imine (C=N–C) groups is 1. The van der Waals surface area contributed by atoms with Crippen molar-refractivity contribution < 1.29 is 9.47 Å². The van der Waals surface area contributed by atoms with Crippen molar-refractivity contribution in [2.75, 3.05) is 25.1 Å². The van der Waals surface area contributed by atoms with E-state index in [-0.39, 0.29) is 5.41 Å². The number of anilines is 1. The summed E-state index contributed by atoms with van der Waals surface area (Å²) >= 11 is 0. The summed E-state index contributed by atoms with van der Waals surface area (Å²) in [5.74, 6) is 1.90.